The van der Waals surface area contributed by atoms with Gasteiger partial charge in [-0.15, -0.1) is 0 Å². The number of carbonyl (C=O) groups is 1. The number of aryl methyl sites for hydroxylation is 1. The molecular formula is C20H19FN6O2. The fourth-order valence-corrected chi connectivity index (χ4v) is 2.76. The highest BCUT2D eigenvalue weighted by atomic mass is 19.1. The summed E-state index contributed by atoms with van der Waals surface area (Å²) in [6, 6.07) is 8.20. The molecule has 0 bridgehead atoms. The molecule has 0 aliphatic heterocycles. The minimum Gasteiger partial charge on any atom is -0.483 e. The molecule has 148 valence electrons. The zero-order valence-corrected chi connectivity index (χ0v) is 15.7. The van der Waals surface area contributed by atoms with Crippen LogP contribution < -0.4 is 0 Å². The normalized spacial score (nSPS) is 10.3. The Balaban J connectivity index is 0.000000755. The second-order valence-electron chi connectivity index (χ2n) is 5.97. The Morgan fingerprint density at radius 2 is 2.03 bits per heavy atom. The van der Waals surface area contributed by atoms with E-state index in [2.05, 4.69) is 20.1 Å². The van der Waals surface area contributed by atoms with Gasteiger partial charge in [0.2, 0.25) is 0 Å². The number of hydrogen-bond acceptors (Lipinski definition) is 5. The SMILES string of the molecule is CCc1nccc(-c2nccn2Cc2cnn(-c3cccc(F)c3)c2)n1.O=CO. The van der Waals surface area contributed by atoms with Crippen molar-refractivity contribution in [2.24, 2.45) is 0 Å². The minimum atomic E-state index is -0.285. The number of carboxylic acid groups (broad SMARTS) is 1. The van der Waals surface area contributed by atoms with Crippen molar-refractivity contribution in [2.75, 3.05) is 0 Å². The van der Waals surface area contributed by atoms with Crippen LogP contribution in [0.3, 0.4) is 0 Å². The number of benzene rings is 1. The summed E-state index contributed by atoms with van der Waals surface area (Å²) in [4.78, 5) is 21.6. The highest BCUT2D eigenvalue weighted by Gasteiger charge is 2.10. The van der Waals surface area contributed by atoms with Crippen LogP contribution in [0.1, 0.15) is 18.3 Å². The van der Waals surface area contributed by atoms with Gasteiger partial charge in [-0.3, -0.25) is 4.79 Å². The predicted octanol–water partition coefficient (Wildman–Crippen LogP) is 2.98. The van der Waals surface area contributed by atoms with Crippen molar-refractivity contribution < 1.29 is 14.3 Å². The van der Waals surface area contributed by atoms with Gasteiger partial charge in [-0.25, -0.2) is 24.0 Å². The molecule has 0 fully saturated rings. The molecule has 29 heavy (non-hydrogen) atoms. The molecule has 0 saturated carbocycles. The molecule has 9 heteroatoms. The molecule has 0 aliphatic rings. The lowest BCUT2D eigenvalue weighted by Crippen LogP contribution is -2.03. The molecule has 0 radical (unpaired) electrons. The quantitative estimate of drug-likeness (QED) is 0.523. The van der Waals surface area contributed by atoms with Crippen LogP contribution in [0.5, 0.6) is 0 Å². The average molecular weight is 394 g/mol. The molecule has 3 aromatic heterocycles. The first-order chi connectivity index (χ1) is 14.1. The number of rotatable bonds is 5. The number of halogens is 1. The standard InChI is InChI=1S/C19H17FN6.CH2O2/c1-2-18-21-7-6-17(24-18)19-22-8-9-25(19)12-14-11-23-26(13-14)16-5-3-4-15(20)10-16;2-1-3/h3-11,13H,2,12H2,1H3;1H,(H,2,3). The summed E-state index contributed by atoms with van der Waals surface area (Å²) < 4.78 is 17.1. The molecule has 3 heterocycles. The molecule has 0 amide bonds. The van der Waals surface area contributed by atoms with Crippen molar-refractivity contribution >= 4 is 6.47 Å². The van der Waals surface area contributed by atoms with Crippen molar-refractivity contribution in [2.45, 2.75) is 19.9 Å². The van der Waals surface area contributed by atoms with E-state index in [1.807, 2.05) is 36.0 Å². The van der Waals surface area contributed by atoms with Crippen molar-refractivity contribution in [3.8, 4) is 17.2 Å². The zero-order chi connectivity index (χ0) is 20.6. The van der Waals surface area contributed by atoms with E-state index in [1.165, 1.54) is 12.1 Å². The van der Waals surface area contributed by atoms with E-state index in [0.29, 0.717) is 12.2 Å². The van der Waals surface area contributed by atoms with Crippen LogP contribution in [-0.4, -0.2) is 40.9 Å². The summed E-state index contributed by atoms with van der Waals surface area (Å²) in [6.45, 7) is 2.36. The third-order valence-corrected chi connectivity index (χ3v) is 4.03. The first kappa shape index (κ1) is 19.9. The summed E-state index contributed by atoms with van der Waals surface area (Å²) in [6.07, 6.45) is 9.84. The third-order valence-electron chi connectivity index (χ3n) is 4.03. The zero-order valence-electron chi connectivity index (χ0n) is 15.7. The van der Waals surface area contributed by atoms with E-state index >= 15 is 0 Å². The summed E-state index contributed by atoms with van der Waals surface area (Å²) in [5.41, 5.74) is 2.46. The molecule has 0 spiro atoms. The third kappa shape index (κ3) is 4.89. The van der Waals surface area contributed by atoms with Gasteiger partial charge in [0.25, 0.3) is 6.47 Å². The number of nitrogens with zero attached hydrogens (tertiary/aromatic N) is 6. The van der Waals surface area contributed by atoms with Gasteiger partial charge in [-0.2, -0.15) is 5.10 Å². The Kier molecular flexibility index (Phi) is 6.41. The Bertz CT molecular complexity index is 1090. The van der Waals surface area contributed by atoms with Gasteiger partial charge in [0, 0.05) is 36.8 Å². The molecule has 0 unspecified atom stereocenters. The first-order valence-electron chi connectivity index (χ1n) is 8.85. The summed E-state index contributed by atoms with van der Waals surface area (Å²) >= 11 is 0. The highest BCUT2D eigenvalue weighted by molar-refractivity contribution is 5.49. The molecule has 0 saturated heterocycles. The summed E-state index contributed by atoms with van der Waals surface area (Å²) in [5, 5.41) is 11.2. The molecule has 4 rings (SSSR count). The van der Waals surface area contributed by atoms with E-state index in [0.717, 1.165) is 29.3 Å². The predicted molar refractivity (Wildman–Crippen MR) is 104 cm³/mol. The van der Waals surface area contributed by atoms with Crippen LogP contribution >= 0.6 is 0 Å². The highest BCUT2D eigenvalue weighted by Crippen LogP contribution is 2.17. The monoisotopic (exact) mass is 394 g/mol. The summed E-state index contributed by atoms with van der Waals surface area (Å²) in [7, 11) is 0. The van der Waals surface area contributed by atoms with E-state index in [1.54, 1.807) is 29.3 Å². The number of imidazole rings is 1. The van der Waals surface area contributed by atoms with E-state index in [-0.39, 0.29) is 12.3 Å². The van der Waals surface area contributed by atoms with Crippen LogP contribution in [0.15, 0.2) is 61.3 Å². The molecule has 1 N–H and O–H groups in total. The van der Waals surface area contributed by atoms with E-state index in [4.69, 9.17) is 9.90 Å². The van der Waals surface area contributed by atoms with Crippen LogP contribution in [-0.2, 0) is 17.8 Å². The van der Waals surface area contributed by atoms with Gasteiger partial charge in [-0.1, -0.05) is 13.0 Å². The van der Waals surface area contributed by atoms with E-state index in [9.17, 15) is 4.39 Å². The maximum absolute atomic E-state index is 13.4. The first-order valence-corrected chi connectivity index (χ1v) is 8.85. The smallest absolute Gasteiger partial charge is 0.290 e. The molecule has 0 atom stereocenters. The largest absolute Gasteiger partial charge is 0.483 e. The van der Waals surface area contributed by atoms with Crippen LogP contribution in [0.2, 0.25) is 0 Å². The average Bonchev–Trinajstić information content (AvgIpc) is 3.39. The van der Waals surface area contributed by atoms with Gasteiger partial charge in [0.15, 0.2) is 5.82 Å². The lowest BCUT2D eigenvalue weighted by atomic mass is 10.3. The van der Waals surface area contributed by atoms with Crippen LogP contribution in [0.25, 0.3) is 17.2 Å². The van der Waals surface area contributed by atoms with Gasteiger partial charge >= 0.3 is 0 Å². The van der Waals surface area contributed by atoms with Crippen molar-refractivity contribution in [1.29, 1.82) is 0 Å². The lowest BCUT2D eigenvalue weighted by molar-refractivity contribution is -0.122. The Hall–Kier alpha value is -3.88. The maximum atomic E-state index is 13.4. The van der Waals surface area contributed by atoms with E-state index < -0.39 is 0 Å². The van der Waals surface area contributed by atoms with Crippen molar-refractivity contribution in [3.05, 3.63) is 78.5 Å². The number of aromatic nitrogens is 6. The van der Waals surface area contributed by atoms with Gasteiger partial charge in [0.05, 0.1) is 18.4 Å². The van der Waals surface area contributed by atoms with Crippen molar-refractivity contribution in [3.63, 3.8) is 0 Å². The van der Waals surface area contributed by atoms with Crippen LogP contribution in [0.4, 0.5) is 4.39 Å². The summed E-state index contributed by atoms with van der Waals surface area (Å²) in [5.74, 6) is 1.28. The topological polar surface area (TPSA) is 98.7 Å². The fraction of sp³-hybridized carbons (Fsp3) is 0.150. The second kappa shape index (κ2) is 9.36. The van der Waals surface area contributed by atoms with Gasteiger partial charge in [0.1, 0.15) is 17.3 Å². The Labute approximate surface area is 166 Å². The number of hydrogen-bond donors (Lipinski definition) is 1. The van der Waals surface area contributed by atoms with Gasteiger partial charge in [-0.05, 0) is 24.3 Å². The molecule has 0 aliphatic carbocycles. The molecule has 8 nitrogen and oxygen atoms in total. The lowest BCUT2D eigenvalue weighted by Gasteiger charge is -2.06. The maximum Gasteiger partial charge on any atom is 0.290 e. The minimum absolute atomic E-state index is 0.250. The molecular weight excluding hydrogens is 375 g/mol. The Morgan fingerprint density at radius 1 is 1.21 bits per heavy atom. The van der Waals surface area contributed by atoms with Crippen LogP contribution in [0, 0.1) is 5.82 Å². The van der Waals surface area contributed by atoms with Gasteiger partial charge < -0.3 is 9.67 Å². The molecule has 4 aromatic rings. The van der Waals surface area contributed by atoms with Crippen molar-refractivity contribution in [1.82, 2.24) is 29.3 Å². The molecule has 1 aromatic carbocycles. The Morgan fingerprint density at radius 3 is 2.79 bits per heavy atom. The fourth-order valence-electron chi connectivity index (χ4n) is 2.76. The second-order valence-corrected chi connectivity index (χ2v) is 5.97.